The molecule has 1 atom stereocenters. The third-order valence-corrected chi connectivity index (χ3v) is 6.25. The Kier molecular flexibility index (Phi) is 8.15. The van der Waals surface area contributed by atoms with E-state index < -0.39 is 22.0 Å². The molecule has 7 nitrogen and oxygen atoms in total. The van der Waals surface area contributed by atoms with Gasteiger partial charge in [0.1, 0.15) is 6.04 Å². The predicted molar refractivity (Wildman–Crippen MR) is 92.0 cm³/mol. The summed E-state index contributed by atoms with van der Waals surface area (Å²) in [6.45, 7) is 6.41. The number of hydrogen-bond donors (Lipinski definition) is 2. The van der Waals surface area contributed by atoms with Crippen LogP contribution >= 0.6 is 0 Å². The Morgan fingerprint density at radius 1 is 1.25 bits per heavy atom. The molecular weight excluding hydrogens is 332 g/mol. The van der Waals surface area contributed by atoms with Gasteiger partial charge in [-0.25, -0.2) is 17.5 Å². The topological polar surface area (TPSA) is 104 Å². The van der Waals surface area contributed by atoms with Crippen molar-refractivity contribution in [3.8, 4) is 0 Å². The van der Waals surface area contributed by atoms with Crippen LogP contribution < -0.4 is 5.32 Å². The molecule has 1 saturated heterocycles. The van der Waals surface area contributed by atoms with Crippen LogP contribution in [0.3, 0.4) is 0 Å². The highest BCUT2D eigenvalue weighted by atomic mass is 32.2. The van der Waals surface area contributed by atoms with Gasteiger partial charge >= 0.3 is 5.97 Å². The molecule has 0 aromatic rings. The molecule has 0 aliphatic carbocycles. The summed E-state index contributed by atoms with van der Waals surface area (Å²) in [5.74, 6) is -1.32. The Bertz CT molecular complexity index is 525. The number of amides is 1. The Labute approximate surface area is 144 Å². The van der Waals surface area contributed by atoms with E-state index in [0.717, 1.165) is 6.42 Å². The standard InChI is InChI=1S/C16H30N2O5S/c1-4-5-10-24(22,23)18-8-6-13(7-9-18)15(19)17-14(16(20)21)11-12(2)3/h12-14H,4-11H2,1-3H3,(H,17,19)(H,20,21)/t14-/m0/s1. The molecule has 1 aliphatic rings. The van der Waals surface area contributed by atoms with E-state index in [-0.39, 0.29) is 23.5 Å². The van der Waals surface area contributed by atoms with E-state index in [1.165, 1.54) is 4.31 Å². The molecule has 0 unspecified atom stereocenters. The second-order valence-electron chi connectivity index (χ2n) is 6.87. The quantitative estimate of drug-likeness (QED) is 0.646. The largest absolute Gasteiger partial charge is 0.480 e. The number of unbranched alkanes of at least 4 members (excludes halogenated alkanes) is 1. The highest BCUT2D eigenvalue weighted by Crippen LogP contribution is 2.21. The molecule has 1 rings (SSSR count). The summed E-state index contributed by atoms with van der Waals surface area (Å²) >= 11 is 0. The fourth-order valence-corrected chi connectivity index (χ4v) is 4.51. The van der Waals surface area contributed by atoms with Gasteiger partial charge in [-0.05, 0) is 31.6 Å². The molecule has 0 aromatic heterocycles. The minimum atomic E-state index is -3.24. The normalized spacial score (nSPS) is 18.5. The van der Waals surface area contributed by atoms with Gasteiger partial charge in [0, 0.05) is 19.0 Å². The van der Waals surface area contributed by atoms with Crippen LogP contribution in [0.1, 0.15) is 52.9 Å². The molecule has 2 N–H and O–H groups in total. The van der Waals surface area contributed by atoms with Crippen molar-refractivity contribution in [2.45, 2.75) is 58.9 Å². The van der Waals surface area contributed by atoms with Crippen molar-refractivity contribution in [1.29, 1.82) is 0 Å². The number of carbonyl (C=O) groups excluding carboxylic acids is 1. The summed E-state index contributed by atoms with van der Waals surface area (Å²) in [5, 5.41) is 11.8. The van der Waals surface area contributed by atoms with Crippen LogP contribution in [0.5, 0.6) is 0 Å². The van der Waals surface area contributed by atoms with Crippen LogP contribution in [0.4, 0.5) is 0 Å². The lowest BCUT2D eigenvalue weighted by Gasteiger charge is -2.31. The van der Waals surface area contributed by atoms with E-state index >= 15 is 0 Å². The Hall–Kier alpha value is -1.15. The van der Waals surface area contributed by atoms with E-state index in [4.69, 9.17) is 0 Å². The first kappa shape index (κ1) is 20.9. The second kappa shape index (κ2) is 9.36. The highest BCUT2D eigenvalue weighted by Gasteiger charge is 2.32. The molecule has 1 fully saturated rings. The third kappa shape index (κ3) is 6.39. The number of aliphatic carboxylic acids is 1. The first-order valence-electron chi connectivity index (χ1n) is 8.68. The van der Waals surface area contributed by atoms with Gasteiger partial charge in [0.2, 0.25) is 15.9 Å². The summed E-state index contributed by atoms with van der Waals surface area (Å²) in [6.07, 6.45) is 2.71. The van der Waals surface area contributed by atoms with Gasteiger partial charge in [-0.3, -0.25) is 4.79 Å². The van der Waals surface area contributed by atoms with Crippen molar-refractivity contribution in [1.82, 2.24) is 9.62 Å². The zero-order valence-electron chi connectivity index (χ0n) is 14.8. The van der Waals surface area contributed by atoms with E-state index in [1.54, 1.807) is 0 Å². The Morgan fingerprint density at radius 2 is 1.83 bits per heavy atom. The van der Waals surface area contributed by atoms with E-state index in [1.807, 2.05) is 20.8 Å². The van der Waals surface area contributed by atoms with Crippen LogP contribution in [0.15, 0.2) is 0 Å². The number of nitrogens with one attached hydrogen (secondary N) is 1. The number of carbonyl (C=O) groups is 2. The minimum absolute atomic E-state index is 0.149. The summed E-state index contributed by atoms with van der Waals surface area (Å²) in [5.41, 5.74) is 0. The molecule has 0 aromatic carbocycles. The molecule has 1 amide bonds. The van der Waals surface area contributed by atoms with Crippen LogP contribution in [-0.2, 0) is 19.6 Å². The highest BCUT2D eigenvalue weighted by molar-refractivity contribution is 7.89. The fraction of sp³-hybridized carbons (Fsp3) is 0.875. The zero-order chi connectivity index (χ0) is 18.3. The van der Waals surface area contributed by atoms with Crippen molar-refractivity contribution >= 4 is 21.9 Å². The number of carboxylic acid groups (broad SMARTS) is 1. The van der Waals surface area contributed by atoms with E-state index in [9.17, 15) is 23.1 Å². The summed E-state index contributed by atoms with van der Waals surface area (Å²) in [6, 6.07) is -0.885. The molecule has 8 heteroatoms. The van der Waals surface area contributed by atoms with Crippen LogP contribution in [-0.4, -0.2) is 54.6 Å². The van der Waals surface area contributed by atoms with Gasteiger partial charge in [0.05, 0.1) is 5.75 Å². The van der Waals surface area contributed by atoms with Crippen molar-refractivity contribution < 1.29 is 23.1 Å². The summed E-state index contributed by atoms with van der Waals surface area (Å²) in [4.78, 5) is 23.5. The van der Waals surface area contributed by atoms with Gasteiger partial charge in [0.15, 0.2) is 0 Å². The SMILES string of the molecule is CCCCS(=O)(=O)N1CCC(C(=O)N[C@@H](CC(C)C)C(=O)O)CC1. The Morgan fingerprint density at radius 3 is 2.29 bits per heavy atom. The van der Waals surface area contributed by atoms with Crippen LogP contribution in [0, 0.1) is 11.8 Å². The summed E-state index contributed by atoms with van der Waals surface area (Å²) in [7, 11) is -3.24. The fourth-order valence-electron chi connectivity index (χ4n) is 2.83. The molecule has 140 valence electrons. The van der Waals surface area contributed by atoms with Gasteiger partial charge < -0.3 is 10.4 Å². The first-order chi connectivity index (χ1) is 11.2. The van der Waals surface area contributed by atoms with Gasteiger partial charge in [-0.1, -0.05) is 27.2 Å². The average molecular weight is 362 g/mol. The summed E-state index contributed by atoms with van der Waals surface area (Å²) < 4.78 is 25.8. The van der Waals surface area contributed by atoms with Crippen LogP contribution in [0.2, 0.25) is 0 Å². The lowest BCUT2D eigenvalue weighted by atomic mass is 9.96. The number of sulfonamides is 1. The number of carboxylic acids is 1. The van der Waals surface area contributed by atoms with Crippen LogP contribution in [0.25, 0.3) is 0 Å². The molecule has 0 spiro atoms. The van der Waals surface area contributed by atoms with Crippen molar-refractivity contribution in [2.75, 3.05) is 18.8 Å². The smallest absolute Gasteiger partial charge is 0.326 e. The van der Waals surface area contributed by atoms with Gasteiger partial charge in [0.25, 0.3) is 0 Å². The number of nitrogens with zero attached hydrogens (tertiary/aromatic N) is 1. The third-order valence-electron chi connectivity index (χ3n) is 4.30. The maximum atomic E-state index is 12.3. The van der Waals surface area contributed by atoms with Crippen molar-refractivity contribution in [3.05, 3.63) is 0 Å². The molecule has 1 aliphatic heterocycles. The van der Waals surface area contributed by atoms with Gasteiger partial charge in [-0.2, -0.15) is 0 Å². The number of hydrogen-bond acceptors (Lipinski definition) is 4. The monoisotopic (exact) mass is 362 g/mol. The Balaban J connectivity index is 2.54. The number of rotatable bonds is 9. The predicted octanol–water partition coefficient (Wildman–Crippen LogP) is 1.44. The first-order valence-corrected chi connectivity index (χ1v) is 10.3. The number of piperidine rings is 1. The minimum Gasteiger partial charge on any atom is -0.480 e. The van der Waals surface area contributed by atoms with Gasteiger partial charge in [-0.15, -0.1) is 0 Å². The van der Waals surface area contributed by atoms with E-state index in [2.05, 4.69) is 5.32 Å². The second-order valence-corrected chi connectivity index (χ2v) is 8.96. The molecule has 24 heavy (non-hydrogen) atoms. The lowest BCUT2D eigenvalue weighted by Crippen LogP contribution is -2.48. The zero-order valence-corrected chi connectivity index (χ0v) is 15.6. The lowest BCUT2D eigenvalue weighted by molar-refractivity contribution is -0.143. The van der Waals surface area contributed by atoms with E-state index in [0.29, 0.717) is 38.8 Å². The molecule has 0 bridgehead atoms. The molecule has 1 heterocycles. The van der Waals surface area contributed by atoms with Crippen molar-refractivity contribution in [3.63, 3.8) is 0 Å². The molecular formula is C16H30N2O5S. The maximum absolute atomic E-state index is 12.3. The molecule has 0 saturated carbocycles. The average Bonchev–Trinajstić information content (AvgIpc) is 2.52. The molecule has 0 radical (unpaired) electrons. The van der Waals surface area contributed by atoms with Crippen molar-refractivity contribution in [2.24, 2.45) is 11.8 Å². The maximum Gasteiger partial charge on any atom is 0.326 e.